The Labute approximate surface area is 96.3 Å². The van der Waals surface area contributed by atoms with Gasteiger partial charge in [-0.15, -0.1) is 0 Å². The van der Waals surface area contributed by atoms with Crippen LogP contribution in [0.3, 0.4) is 0 Å². The number of hydrogen-bond acceptors (Lipinski definition) is 4. The fourth-order valence-corrected chi connectivity index (χ4v) is 1.30. The van der Waals surface area contributed by atoms with Gasteiger partial charge in [0.25, 0.3) is 0 Å². The summed E-state index contributed by atoms with van der Waals surface area (Å²) in [6.45, 7) is 0. The van der Waals surface area contributed by atoms with Crippen LogP contribution >= 0.6 is 0 Å². The van der Waals surface area contributed by atoms with E-state index in [2.05, 4.69) is 10.3 Å². The number of hydrogen-bond donors (Lipinski definition) is 3. The third-order valence-corrected chi connectivity index (χ3v) is 2.17. The van der Waals surface area contributed by atoms with Crippen LogP contribution in [0.15, 0.2) is 30.3 Å². The quantitative estimate of drug-likeness (QED) is 0.747. The van der Waals surface area contributed by atoms with Crippen LogP contribution in [0.25, 0.3) is 0 Å². The van der Waals surface area contributed by atoms with Crippen LogP contribution in [0, 0.1) is 11.6 Å². The molecule has 1 aromatic carbocycles. The van der Waals surface area contributed by atoms with Crippen molar-refractivity contribution in [1.82, 2.24) is 4.98 Å². The zero-order chi connectivity index (χ0) is 12.4. The molecule has 0 aliphatic rings. The molecule has 0 amide bonds. The summed E-state index contributed by atoms with van der Waals surface area (Å²) in [5, 5.41) is 2.51. The Hall–Kier alpha value is -2.37. The highest BCUT2D eigenvalue weighted by Gasteiger charge is 2.09. The van der Waals surface area contributed by atoms with E-state index in [1.54, 1.807) is 0 Å². The standard InChI is InChI=1S/C11H10F2N4/c12-6-2-1-3-7(13)10(6)16-9-5-4-8(14)11(15)17-9/h1-5H,14H2,(H3,15,16,17). The lowest BCUT2D eigenvalue weighted by atomic mass is 10.3. The maximum atomic E-state index is 13.3. The molecule has 1 aromatic heterocycles. The van der Waals surface area contributed by atoms with Gasteiger partial charge in [0.2, 0.25) is 0 Å². The summed E-state index contributed by atoms with van der Waals surface area (Å²) in [4.78, 5) is 3.86. The number of nitrogens with zero attached hydrogens (tertiary/aromatic N) is 1. The summed E-state index contributed by atoms with van der Waals surface area (Å²) in [6, 6.07) is 6.56. The van der Waals surface area contributed by atoms with Crippen molar-refractivity contribution in [3.63, 3.8) is 0 Å². The smallest absolute Gasteiger partial charge is 0.149 e. The number of nitrogens with one attached hydrogen (secondary N) is 1. The topological polar surface area (TPSA) is 77.0 Å². The molecule has 0 fully saturated rings. The van der Waals surface area contributed by atoms with Gasteiger partial charge in [-0.25, -0.2) is 13.8 Å². The minimum absolute atomic E-state index is 0.103. The van der Waals surface area contributed by atoms with Gasteiger partial charge in [0.15, 0.2) is 0 Å². The first-order chi connectivity index (χ1) is 8.08. The highest BCUT2D eigenvalue weighted by atomic mass is 19.1. The van der Waals surface area contributed by atoms with Gasteiger partial charge < -0.3 is 16.8 Å². The third-order valence-electron chi connectivity index (χ3n) is 2.17. The second kappa shape index (κ2) is 4.25. The molecule has 0 radical (unpaired) electrons. The molecule has 2 rings (SSSR count). The second-order valence-electron chi connectivity index (χ2n) is 3.39. The number of halogens is 2. The van der Waals surface area contributed by atoms with Gasteiger partial charge in [-0.1, -0.05) is 6.07 Å². The number of para-hydroxylation sites is 1. The first-order valence-corrected chi connectivity index (χ1v) is 4.81. The van der Waals surface area contributed by atoms with E-state index in [-0.39, 0.29) is 17.3 Å². The van der Waals surface area contributed by atoms with Crippen LogP contribution in [0.5, 0.6) is 0 Å². The summed E-state index contributed by atoms with van der Waals surface area (Å²) in [5.41, 5.74) is 11.0. The highest BCUT2D eigenvalue weighted by Crippen LogP contribution is 2.23. The van der Waals surface area contributed by atoms with Crippen LogP contribution in [-0.2, 0) is 0 Å². The molecule has 4 nitrogen and oxygen atoms in total. The molecule has 5 N–H and O–H groups in total. The highest BCUT2D eigenvalue weighted by molar-refractivity contribution is 5.65. The van der Waals surface area contributed by atoms with Gasteiger partial charge in [0, 0.05) is 0 Å². The van der Waals surface area contributed by atoms with Gasteiger partial charge in [-0.05, 0) is 24.3 Å². The van der Waals surface area contributed by atoms with Crippen LogP contribution in [0.2, 0.25) is 0 Å². The van der Waals surface area contributed by atoms with Gasteiger partial charge in [0.05, 0.1) is 5.69 Å². The van der Waals surface area contributed by atoms with E-state index in [0.717, 1.165) is 12.1 Å². The lowest BCUT2D eigenvalue weighted by molar-refractivity contribution is 0.590. The molecule has 0 unspecified atom stereocenters. The van der Waals surface area contributed by atoms with Crippen molar-refractivity contribution in [2.24, 2.45) is 0 Å². The van der Waals surface area contributed by atoms with Gasteiger partial charge >= 0.3 is 0 Å². The van der Waals surface area contributed by atoms with E-state index in [1.807, 2.05) is 0 Å². The maximum absolute atomic E-state index is 13.3. The molecule has 0 saturated heterocycles. The minimum Gasteiger partial charge on any atom is -0.396 e. The zero-order valence-corrected chi connectivity index (χ0v) is 8.74. The molecule has 1 heterocycles. The fourth-order valence-electron chi connectivity index (χ4n) is 1.30. The molecule has 0 atom stereocenters. The Morgan fingerprint density at radius 3 is 2.24 bits per heavy atom. The Kier molecular flexibility index (Phi) is 2.78. The summed E-state index contributed by atoms with van der Waals surface area (Å²) < 4.78 is 26.7. The van der Waals surface area contributed by atoms with Crippen molar-refractivity contribution in [2.75, 3.05) is 16.8 Å². The minimum atomic E-state index is -0.706. The fraction of sp³-hybridized carbons (Fsp3) is 0. The van der Waals surface area contributed by atoms with Crippen LogP contribution < -0.4 is 16.8 Å². The summed E-state index contributed by atoms with van der Waals surface area (Å²) >= 11 is 0. The maximum Gasteiger partial charge on any atom is 0.149 e. The predicted molar refractivity (Wildman–Crippen MR) is 62.7 cm³/mol. The van der Waals surface area contributed by atoms with E-state index in [9.17, 15) is 8.78 Å². The molecular weight excluding hydrogens is 226 g/mol. The first-order valence-electron chi connectivity index (χ1n) is 4.81. The summed E-state index contributed by atoms with van der Waals surface area (Å²) in [6.07, 6.45) is 0. The zero-order valence-electron chi connectivity index (χ0n) is 8.74. The number of anilines is 4. The SMILES string of the molecule is Nc1ccc(Nc2c(F)cccc2F)nc1N. The van der Waals surface area contributed by atoms with E-state index in [0.29, 0.717) is 5.69 Å². The number of rotatable bonds is 2. The van der Waals surface area contributed by atoms with Crippen LogP contribution in [0.4, 0.5) is 31.8 Å². The van der Waals surface area contributed by atoms with Crippen LogP contribution in [-0.4, -0.2) is 4.98 Å². The van der Waals surface area contributed by atoms with Gasteiger partial charge in [0.1, 0.15) is 29.0 Å². The van der Waals surface area contributed by atoms with Crippen molar-refractivity contribution >= 4 is 23.0 Å². The number of pyridine rings is 1. The molecular formula is C11H10F2N4. The molecule has 0 aliphatic carbocycles. The monoisotopic (exact) mass is 236 g/mol. The largest absolute Gasteiger partial charge is 0.396 e. The molecule has 0 aliphatic heterocycles. The Morgan fingerprint density at radius 1 is 1.00 bits per heavy atom. The molecule has 0 saturated carbocycles. The van der Waals surface area contributed by atoms with Crippen molar-refractivity contribution < 1.29 is 8.78 Å². The number of aromatic nitrogens is 1. The van der Waals surface area contributed by atoms with Crippen LogP contribution in [0.1, 0.15) is 0 Å². The molecule has 17 heavy (non-hydrogen) atoms. The van der Waals surface area contributed by atoms with E-state index >= 15 is 0 Å². The van der Waals surface area contributed by atoms with E-state index in [1.165, 1.54) is 18.2 Å². The van der Waals surface area contributed by atoms with Crippen molar-refractivity contribution in [2.45, 2.75) is 0 Å². The third kappa shape index (κ3) is 2.25. The summed E-state index contributed by atoms with van der Waals surface area (Å²) in [7, 11) is 0. The molecule has 88 valence electrons. The average molecular weight is 236 g/mol. The van der Waals surface area contributed by atoms with Gasteiger partial charge in [-0.3, -0.25) is 0 Å². The Balaban J connectivity index is 2.35. The van der Waals surface area contributed by atoms with Crippen molar-refractivity contribution in [1.29, 1.82) is 0 Å². The van der Waals surface area contributed by atoms with E-state index < -0.39 is 11.6 Å². The predicted octanol–water partition coefficient (Wildman–Crippen LogP) is 2.27. The molecule has 2 aromatic rings. The lowest BCUT2D eigenvalue weighted by Crippen LogP contribution is -2.03. The van der Waals surface area contributed by atoms with Crippen molar-refractivity contribution in [3.05, 3.63) is 42.0 Å². The molecule has 6 heteroatoms. The van der Waals surface area contributed by atoms with E-state index in [4.69, 9.17) is 11.5 Å². The number of benzene rings is 1. The Bertz CT molecular complexity index is 537. The molecule has 0 bridgehead atoms. The van der Waals surface area contributed by atoms with Crippen molar-refractivity contribution in [3.8, 4) is 0 Å². The normalized spacial score (nSPS) is 10.2. The second-order valence-corrected chi connectivity index (χ2v) is 3.39. The summed E-state index contributed by atoms with van der Waals surface area (Å²) in [5.74, 6) is -1.09. The van der Waals surface area contributed by atoms with Gasteiger partial charge in [-0.2, -0.15) is 0 Å². The lowest BCUT2D eigenvalue weighted by Gasteiger charge is -2.09. The first kappa shape index (κ1) is 11.1. The number of nitrogens with two attached hydrogens (primary N) is 2. The molecule has 0 spiro atoms. The average Bonchev–Trinajstić information content (AvgIpc) is 2.28. The number of nitrogen functional groups attached to an aromatic ring is 2. The Morgan fingerprint density at radius 2 is 1.65 bits per heavy atom.